The Kier molecular flexibility index (Phi) is 4.60. The highest BCUT2D eigenvalue weighted by molar-refractivity contribution is 7.13. The van der Waals surface area contributed by atoms with Crippen LogP contribution in [-0.2, 0) is 17.6 Å². The molecule has 0 bridgehead atoms. The molecule has 2 heterocycles. The second-order valence-corrected chi connectivity index (χ2v) is 8.22. The van der Waals surface area contributed by atoms with E-state index in [-0.39, 0.29) is 5.41 Å². The van der Waals surface area contributed by atoms with Crippen LogP contribution in [0.5, 0.6) is 0 Å². The third kappa shape index (κ3) is 3.21. The van der Waals surface area contributed by atoms with Crippen molar-refractivity contribution >= 4 is 22.9 Å². The summed E-state index contributed by atoms with van der Waals surface area (Å²) in [5.41, 5.74) is 6.60. The fraction of sp³-hybridized carbons (Fsp3) is 0.588. The van der Waals surface area contributed by atoms with Crippen LogP contribution >= 0.6 is 11.3 Å². The van der Waals surface area contributed by atoms with Gasteiger partial charge >= 0.3 is 5.97 Å². The van der Waals surface area contributed by atoms with Gasteiger partial charge in [-0.15, -0.1) is 11.3 Å². The number of ether oxygens (including phenoxy) is 1. The Morgan fingerprint density at radius 2 is 2.22 bits per heavy atom. The lowest BCUT2D eigenvalue weighted by molar-refractivity contribution is 0.0694. The van der Waals surface area contributed by atoms with Crippen LogP contribution in [0.4, 0.5) is 0 Å². The number of hydrogen-bond donors (Lipinski definition) is 3. The Hall–Kier alpha value is -1.21. The number of carboxylic acid groups (broad SMARTS) is 1. The number of aromatic carboxylic acids is 1. The zero-order chi connectivity index (χ0) is 16.6. The Balaban J connectivity index is 2.13. The molecule has 5 nitrogen and oxygen atoms in total. The normalized spacial score (nSPS) is 20.5. The summed E-state index contributed by atoms with van der Waals surface area (Å²) in [5, 5.41) is 9.84. The minimum Gasteiger partial charge on any atom is -0.478 e. The van der Waals surface area contributed by atoms with E-state index in [0.29, 0.717) is 25.3 Å². The van der Waals surface area contributed by atoms with Crippen molar-refractivity contribution in [2.45, 2.75) is 39.5 Å². The first-order valence-electron chi connectivity index (χ1n) is 8.03. The van der Waals surface area contributed by atoms with Crippen LogP contribution < -0.4 is 11.3 Å². The summed E-state index contributed by atoms with van der Waals surface area (Å²) in [6.07, 6.45) is 3.68. The molecule has 126 valence electrons. The van der Waals surface area contributed by atoms with E-state index < -0.39 is 5.97 Å². The van der Waals surface area contributed by atoms with E-state index in [1.165, 1.54) is 4.88 Å². The van der Waals surface area contributed by atoms with Crippen molar-refractivity contribution in [1.82, 2.24) is 5.43 Å². The maximum atomic E-state index is 12.0. The van der Waals surface area contributed by atoms with Crippen LogP contribution in [0.15, 0.2) is 5.57 Å². The molecular weight excluding hydrogens is 312 g/mol. The van der Waals surface area contributed by atoms with Gasteiger partial charge in [0.25, 0.3) is 0 Å². The van der Waals surface area contributed by atoms with Crippen LogP contribution in [0.2, 0.25) is 0 Å². The summed E-state index contributed by atoms with van der Waals surface area (Å²) in [4.78, 5) is 14.2. The van der Waals surface area contributed by atoms with Gasteiger partial charge in [0.2, 0.25) is 0 Å². The lowest BCUT2D eigenvalue weighted by Gasteiger charge is -2.29. The van der Waals surface area contributed by atoms with E-state index in [1.807, 2.05) is 0 Å². The summed E-state index contributed by atoms with van der Waals surface area (Å²) in [5.74, 6) is 4.67. The number of nitrogens with one attached hydrogen (secondary N) is 1. The second-order valence-electron chi connectivity index (χ2n) is 7.12. The van der Waals surface area contributed by atoms with Crippen molar-refractivity contribution in [2.24, 2.45) is 11.3 Å². The van der Waals surface area contributed by atoms with Gasteiger partial charge in [-0.3, -0.25) is 11.3 Å². The monoisotopic (exact) mass is 336 g/mol. The van der Waals surface area contributed by atoms with Crippen molar-refractivity contribution < 1.29 is 14.6 Å². The number of carbonyl (C=O) groups is 1. The number of aryl methyl sites for hydroxylation is 1. The quantitative estimate of drug-likeness (QED) is 0.581. The Labute approximate surface area is 140 Å². The third-order valence-corrected chi connectivity index (χ3v) is 6.13. The minimum atomic E-state index is -0.811. The first-order valence-corrected chi connectivity index (χ1v) is 8.85. The number of hydrazine groups is 1. The predicted octanol–water partition coefficient (Wildman–Crippen LogP) is 2.60. The highest BCUT2D eigenvalue weighted by Crippen LogP contribution is 2.45. The van der Waals surface area contributed by atoms with E-state index in [4.69, 9.17) is 10.6 Å². The van der Waals surface area contributed by atoms with Gasteiger partial charge < -0.3 is 9.84 Å². The number of rotatable bonds is 4. The molecule has 2 aliphatic rings. The topological polar surface area (TPSA) is 84.6 Å². The van der Waals surface area contributed by atoms with Crippen LogP contribution in [0.1, 0.15) is 52.4 Å². The molecule has 0 radical (unpaired) electrons. The molecule has 23 heavy (non-hydrogen) atoms. The van der Waals surface area contributed by atoms with E-state index in [9.17, 15) is 9.90 Å². The molecule has 4 N–H and O–H groups in total. The first kappa shape index (κ1) is 16.6. The summed E-state index contributed by atoms with van der Waals surface area (Å²) < 4.78 is 5.53. The maximum Gasteiger partial charge on any atom is 0.337 e. The fourth-order valence-corrected chi connectivity index (χ4v) is 4.98. The van der Waals surface area contributed by atoms with Gasteiger partial charge in [-0.2, -0.15) is 0 Å². The van der Waals surface area contributed by atoms with Gasteiger partial charge in [0.1, 0.15) is 0 Å². The Bertz CT molecular complexity index is 661. The standard InChI is InChI=1S/C17H24N2O3S/c1-17(2)5-3-13-12(7-17)14(16(20)21)15(23-13)11-4-6-22-9-10(11)8-19-18/h19H,3-9,18H2,1-2H3,(H,20,21). The van der Waals surface area contributed by atoms with Crippen molar-refractivity contribution in [3.63, 3.8) is 0 Å². The molecule has 3 rings (SSSR count). The predicted molar refractivity (Wildman–Crippen MR) is 91.6 cm³/mol. The molecule has 1 aromatic heterocycles. The molecule has 0 saturated carbocycles. The molecule has 0 atom stereocenters. The molecule has 0 aromatic carbocycles. The molecule has 1 aliphatic carbocycles. The fourth-order valence-electron chi connectivity index (χ4n) is 3.55. The van der Waals surface area contributed by atoms with Crippen LogP contribution in [-0.4, -0.2) is 30.8 Å². The van der Waals surface area contributed by atoms with Gasteiger partial charge in [0.15, 0.2) is 0 Å². The van der Waals surface area contributed by atoms with Crippen molar-refractivity contribution in [3.05, 3.63) is 26.5 Å². The zero-order valence-electron chi connectivity index (χ0n) is 13.7. The number of thiophene rings is 1. The molecule has 6 heteroatoms. The van der Waals surface area contributed by atoms with Gasteiger partial charge in [-0.25, -0.2) is 4.79 Å². The smallest absolute Gasteiger partial charge is 0.337 e. The maximum absolute atomic E-state index is 12.0. The minimum absolute atomic E-state index is 0.168. The van der Waals surface area contributed by atoms with E-state index >= 15 is 0 Å². The third-order valence-electron chi connectivity index (χ3n) is 4.78. The molecule has 0 saturated heterocycles. The molecule has 0 spiro atoms. The average Bonchev–Trinajstić information content (AvgIpc) is 2.85. The van der Waals surface area contributed by atoms with Crippen molar-refractivity contribution in [2.75, 3.05) is 19.8 Å². The van der Waals surface area contributed by atoms with Gasteiger partial charge in [0.05, 0.1) is 18.8 Å². The summed E-state index contributed by atoms with van der Waals surface area (Å²) in [6, 6.07) is 0. The van der Waals surface area contributed by atoms with E-state index in [2.05, 4.69) is 19.3 Å². The zero-order valence-corrected chi connectivity index (χ0v) is 14.5. The number of fused-ring (bicyclic) bond motifs is 1. The second kappa shape index (κ2) is 6.36. The molecule has 0 fully saturated rings. The molecule has 1 aliphatic heterocycles. The summed E-state index contributed by atoms with van der Waals surface area (Å²) in [7, 11) is 0. The van der Waals surface area contributed by atoms with E-state index in [0.717, 1.165) is 47.3 Å². The molecule has 0 amide bonds. The number of hydrogen-bond acceptors (Lipinski definition) is 5. The largest absolute Gasteiger partial charge is 0.478 e. The van der Waals surface area contributed by atoms with Crippen LogP contribution in [0, 0.1) is 5.41 Å². The van der Waals surface area contributed by atoms with Crippen LogP contribution in [0.25, 0.3) is 5.57 Å². The van der Waals surface area contributed by atoms with Crippen LogP contribution in [0.3, 0.4) is 0 Å². The van der Waals surface area contributed by atoms with Gasteiger partial charge in [-0.05, 0) is 47.8 Å². The number of nitrogens with two attached hydrogens (primary N) is 1. The molecule has 1 aromatic rings. The number of carboxylic acids is 1. The lowest BCUT2D eigenvalue weighted by Crippen LogP contribution is -2.28. The van der Waals surface area contributed by atoms with Crippen molar-refractivity contribution in [1.29, 1.82) is 0 Å². The van der Waals surface area contributed by atoms with Gasteiger partial charge in [-0.1, -0.05) is 13.8 Å². The van der Waals surface area contributed by atoms with E-state index in [1.54, 1.807) is 11.3 Å². The SMILES string of the molecule is CC1(C)CCc2sc(C3=C(CNN)COCC3)c(C(=O)O)c2C1. The molecular formula is C17H24N2O3S. The average molecular weight is 336 g/mol. The summed E-state index contributed by atoms with van der Waals surface area (Å²) >= 11 is 1.66. The highest BCUT2D eigenvalue weighted by atomic mass is 32.1. The molecule has 0 unspecified atom stereocenters. The summed E-state index contributed by atoms with van der Waals surface area (Å²) in [6.45, 7) is 6.12. The Morgan fingerprint density at radius 3 is 2.91 bits per heavy atom. The van der Waals surface area contributed by atoms with Gasteiger partial charge in [0, 0.05) is 16.3 Å². The van der Waals surface area contributed by atoms with Crippen molar-refractivity contribution in [3.8, 4) is 0 Å². The highest BCUT2D eigenvalue weighted by Gasteiger charge is 2.34. The first-order chi connectivity index (χ1) is 10.9. The Morgan fingerprint density at radius 1 is 1.43 bits per heavy atom. The lowest BCUT2D eigenvalue weighted by atomic mass is 9.75.